The van der Waals surface area contributed by atoms with Gasteiger partial charge in [0.25, 0.3) is 0 Å². The predicted molar refractivity (Wildman–Crippen MR) is 103 cm³/mol. The maximum Gasteiger partial charge on any atom is 0.348 e. The maximum absolute atomic E-state index is 14.4. The molecule has 0 fully saturated rings. The van der Waals surface area contributed by atoms with Crippen molar-refractivity contribution in [2.45, 2.75) is 25.3 Å². The lowest BCUT2D eigenvalue weighted by atomic mass is 10.1. The van der Waals surface area contributed by atoms with E-state index in [0.717, 1.165) is 16.9 Å². The second-order valence-corrected chi connectivity index (χ2v) is 8.90. The molecule has 142 valence electrons. The molecular weight excluding hydrogens is 389 g/mol. The Bertz CT molecular complexity index is 1140. The van der Waals surface area contributed by atoms with Gasteiger partial charge in [0.1, 0.15) is 10.7 Å². The molecule has 0 aliphatic heterocycles. The third-order valence-corrected chi connectivity index (χ3v) is 6.93. The van der Waals surface area contributed by atoms with E-state index in [4.69, 9.17) is 4.74 Å². The van der Waals surface area contributed by atoms with Crippen molar-refractivity contribution in [1.82, 2.24) is 4.72 Å². The normalized spacial score (nSPS) is 11.7. The van der Waals surface area contributed by atoms with Gasteiger partial charge in [0.05, 0.1) is 12.0 Å². The van der Waals surface area contributed by atoms with Crippen LogP contribution in [0, 0.1) is 19.7 Å². The number of carbonyl (C=O) groups excluding carboxylic acids is 1. The number of halogens is 1. The smallest absolute Gasteiger partial charge is 0.348 e. The molecule has 0 spiro atoms. The molecule has 1 N–H and O–H groups in total. The number of hydrogen-bond donors (Lipinski definition) is 1. The summed E-state index contributed by atoms with van der Waals surface area (Å²) in [6.07, 6.45) is 0. The van der Waals surface area contributed by atoms with Crippen LogP contribution in [-0.4, -0.2) is 21.5 Å². The molecule has 2 aromatic carbocycles. The summed E-state index contributed by atoms with van der Waals surface area (Å²) in [5.74, 6) is -1.14. The molecule has 8 heteroatoms. The number of esters is 1. The van der Waals surface area contributed by atoms with E-state index in [1.54, 1.807) is 31.2 Å². The minimum Gasteiger partial charge on any atom is -0.465 e. The molecule has 27 heavy (non-hydrogen) atoms. The zero-order chi connectivity index (χ0) is 19.8. The number of benzene rings is 2. The first-order chi connectivity index (χ1) is 12.7. The van der Waals surface area contributed by atoms with Gasteiger partial charge in [0.15, 0.2) is 0 Å². The third kappa shape index (κ3) is 3.73. The third-order valence-electron chi connectivity index (χ3n) is 4.19. The fourth-order valence-corrected chi connectivity index (χ4v) is 5.31. The van der Waals surface area contributed by atoms with E-state index in [1.165, 1.54) is 19.2 Å². The summed E-state index contributed by atoms with van der Waals surface area (Å²) < 4.78 is 47.6. The maximum atomic E-state index is 14.4. The standard InChI is InChI=1S/C19H18FNO4S2/c1-11-7-8-16(12(2)9-11)27(23,24)21-10-13-17-14(20)5-4-6-15(17)26-18(13)19(22)25-3/h4-9,21H,10H2,1-3H3. The van der Waals surface area contributed by atoms with Crippen LogP contribution in [0.2, 0.25) is 0 Å². The zero-order valence-corrected chi connectivity index (χ0v) is 16.6. The molecule has 0 bridgehead atoms. The number of fused-ring (bicyclic) bond motifs is 1. The van der Waals surface area contributed by atoms with E-state index in [9.17, 15) is 17.6 Å². The van der Waals surface area contributed by atoms with E-state index >= 15 is 0 Å². The molecule has 3 aromatic rings. The highest BCUT2D eigenvalue weighted by atomic mass is 32.2. The van der Waals surface area contributed by atoms with E-state index in [-0.39, 0.29) is 27.3 Å². The first-order valence-corrected chi connectivity index (χ1v) is 10.4. The van der Waals surface area contributed by atoms with E-state index < -0.39 is 21.8 Å². The van der Waals surface area contributed by atoms with Crippen molar-refractivity contribution >= 4 is 37.4 Å². The van der Waals surface area contributed by atoms with Crippen molar-refractivity contribution in [3.8, 4) is 0 Å². The van der Waals surface area contributed by atoms with Gasteiger partial charge in [-0.2, -0.15) is 0 Å². The second-order valence-electron chi connectivity index (χ2n) is 6.11. The largest absolute Gasteiger partial charge is 0.465 e. The van der Waals surface area contributed by atoms with Crippen LogP contribution in [0.5, 0.6) is 0 Å². The number of methoxy groups -OCH3 is 1. The molecule has 0 saturated heterocycles. The number of aryl methyl sites for hydroxylation is 2. The molecule has 0 unspecified atom stereocenters. The molecule has 5 nitrogen and oxygen atoms in total. The summed E-state index contributed by atoms with van der Waals surface area (Å²) in [4.78, 5) is 12.4. The molecule has 0 aliphatic rings. The lowest BCUT2D eigenvalue weighted by Gasteiger charge is -2.11. The Kier molecular flexibility index (Phi) is 5.32. The van der Waals surface area contributed by atoms with Gasteiger partial charge >= 0.3 is 5.97 Å². The molecule has 3 rings (SSSR count). The van der Waals surface area contributed by atoms with Crippen molar-refractivity contribution in [3.63, 3.8) is 0 Å². The Morgan fingerprint density at radius 1 is 1.22 bits per heavy atom. The van der Waals surface area contributed by atoms with Crippen LogP contribution in [0.15, 0.2) is 41.3 Å². The van der Waals surface area contributed by atoms with Crippen molar-refractivity contribution < 1.29 is 22.3 Å². The van der Waals surface area contributed by atoms with E-state index in [1.807, 2.05) is 6.92 Å². The average molecular weight is 407 g/mol. The zero-order valence-electron chi connectivity index (χ0n) is 15.0. The van der Waals surface area contributed by atoms with Gasteiger partial charge in [-0.1, -0.05) is 23.8 Å². The quantitative estimate of drug-likeness (QED) is 0.651. The number of rotatable bonds is 5. The summed E-state index contributed by atoms with van der Waals surface area (Å²) in [5, 5.41) is 0.228. The monoisotopic (exact) mass is 407 g/mol. The summed E-state index contributed by atoms with van der Waals surface area (Å²) in [7, 11) is -2.61. The highest BCUT2D eigenvalue weighted by molar-refractivity contribution is 7.89. The summed E-state index contributed by atoms with van der Waals surface area (Å²) >= 11 is 1.07. The van der Waals surface area contributed by atoms with Crippen LogP contribution in [-0.2, 0) is 21.3 Å². The Morgan fingerprint density at radius 3 is 2.63 bits per heavy atom. The first-order valence-electron chi connectivity index (χ1n) is 8.09. The number of carbonyl (C=O) groups is 1. The topological polar surface area (TPSA) is 72.5 Å². The van der Waals surface area contributed by atoms with Crippen molar-refractivity contribution in [3.05, 3.63) is 63.8 Å². The molecule has 1 heterocycles. The van der Waals surface area contributed by atoms with Gasteiger partial charge in [-0.15, -0.1) is 11.3 Å². The fraction of sp³-hybridized carbons (Fsp3) is 0.211. The fourth-order valence-electron chi connectivity index (χ4n) is 2.94. The Hall–Kier alpha value is -2.29. The van der Waals surface area contributed by atoms with Gasteiger partial charge in [0.2, 0.25) is 10.0 Å². The van der Waals surface area contributed by atoms with Crippen LogP contribution >= 0.6 is 11.3 Å². The molecule has 0 radical (unpaired) electrons. The van der Waals surface area contributed by atoms with Crippen LogP contribution in [0.4, 0.5) is 4.39 Å². The Balaban J connectivity index is 2.02. The number of nitrogens with one attached hydrogen (secondary N) is 1. The average Bonchev–Trinajstić information content (AvgIpc) is 2.99. The minimum atomic E-state index is -3.83. The molecule has 0 atom stereocenters. The minimum absolute atomic E-state index is 0.146. The van der Waals surface area contributed by atoms with Gasteiger partial charge in [-0.05, 0) is 37.6 Å². The van der Waals surface area contributed by atoms with Crippen LogP contribution < -0.4 is 4.72 Å². The van der Waals surface area contributed by atoms with Gasteiger partial charge in [0, 0.05) is 22.2 Å². The number of thiophene rings is 1. The van der Waals surface area contributed by atoms with Crippen molar-refractivity contribution in [2.75, 3.05) is 7.11 Å². The Morgan fingerprint density at radius 2 is 1.96 bits per heavy atom. The van der Waals surface area contributed by atoms with Crippen molar-refractivity contribution in [1.29, 1.82) is 0 Å². The summed E-state index contributed by atoms with van der Waals surface area (Å²) in [6.45, 7) is 3.36. The Labute approximate surface area is 160 Å². The molecule has 0 saturated carbocycles. The number of sulfonamides is 1. The number of hydrogen-bond acceptors (Lipinski definition) is 5. The van der Waals surface area contributed by atoms with E-state index in [2.05, 4.69) is 4.72 Å². The van der Waals surface area contributed by atoms with Crippen LogP contribution in [0.25, 0.3) is 10.1 Å². The van der Waals surface area contributed by atoms with Crippen LogP contribution in [0.3, 0.4) is 0 Å². The van der Waals surface area contributed by atoms with Crippen molar-refractivity contribution in [2.24, 2.45) is 0 Å². The summed E-state index contributed by atoms with van der Waals surface area (Å²) in [6, 6.07) is 9.50. The van der Waals surface area contributed by atoms with Crippen LogP contribution in [0.1, 0.15) is 26.4 Å². The van der Waals surface area contributed by atoms with Gasteiger partial charge < -0.3 is 4.74 Å². The molecular formula is C19H18FNO4S2. The molecule has 0 aliphatic carbocycles. The van der Waals surface area contributed by atoms with Gasteiger partial charge in [-0.25, -0.2) is 22.3 Å². The van der Waals surface area contributed by atoms with Gasteiger partial charge in [-0.3, -0.25) is 0 Å². The number of ether oxygens (including phenoxy) is 1. The second kappa shape index (κ2) is 7.38. The lowest BCUT2D eigenvalue weighted by molar-refractivity contribution is 0.0605. The highest BCUT2D eigenvalue weighted by Crippen LogP contribution is 2.34. The SMILES string of the molecule is COC(=O)c1sc2cccc(F)c2c1CNS(=O)(=O)c1ccc(C)cc1C. The van der Waals surface area contributed by atoms with E-state index in [0.29, 0.717) is 10.3 Å². The predicted octanol–water partition coefficient (Wildman–Crippen LogP) is 3.92. The highest BCUT2D eigenvalue weighted by Gasteiger charge is 2.24. The first kappa shape index (κ1) is 19.5. The summed E-state index contributed by atoms with van der Waals surface area (Å²) in [5.41, 5.74) is 1.83. The molecule has 0 amide bonds. The lowest BCUT2D eigenvalue weighted by Crippen LogP contribution is -2.25. The molecule has 1 aromatic heterocycles.